The maximum absolute atomic E-state index is 12.7. The predicted octanol–water partition coefficient (Wildman–Crippen LogP) is 2.68. The number of hydrogen-bond acceptors (Lipinski definition) is 5. The minimum Gasteiger partial charge on any atom is -0.444 e. The molecule has 1 aromatic carbocycles. The van der Waals surface area contributed by atoms with Crippen molar-refractivity contribution in [2.45, 2.75) is 51.2 Å². The lowest BCUT2D eigenvalue weighted by molar-refractivity contribution is 0.0434. The first-order chi connectivity index (χ1) is 11.5. The quantitative estimate of drug-likeness (QED) is 0.629. The zero-order valence-corrected chi connectivity index (χ0v) is 13.4. The van der Waals surface area contributed by atoms with E-state index in [1.165, 1.54) is 30.0 Å². The monoisotopic (exact) mass is 326 g/mol. The molecule has 1 aromatic rings. The summed E-state index contributed by atoms with van der Waals surface area (Å²) in [7, 11) is 0. The van der Waals surface area contributed by atoms with E-state index in [2.05, 4.69) is 0 Å². The first-order valence-corrected chi connectivity index (χ1v) is 8.15. The van der Waals surface area contributed by atoms with Gasteiger partial charge in [-0.25, -0.2) is 4.79 Å². The molecule has 0 N–H and O–H groups in total. The van der Waals surface area contributed by atoms with Gasteiger partial charge in [0.1, 0.15) is 6.07 Å². The molecule has 1 aliphatic heterocycles. The van der Waals surface area contributed by atoms with Crippen LogP contribution in [0.15, 0.2) is 18.2 Å². The number of carbonyl (C=O) groups is 3. The van der Waals surface area contributed by atoms with Crippen LogP contribution in [0.2, 0.25) is 0 Å². The molecule has 2 aliphatic rings. The second-order valence-corrected chi connectivity index (χ2v) is 6.21. The van der Waals surface area contributed by atoms with E-state index in [1.807, 2.05) is 6.07 Å². The van der Waals surface area contributed by atoms with Crippen LogP contribution in [0, 0.1) is 11.3 Å². The summed E-state index contributed by atoms with van der Waals surface area (Å²) in [4.78, 5) is 38.6. The van der Waals surface area contributed by atoms with Crippen molar-refractivity contribution in [3.05, 3.63) is 34.9 Å². The largest absolute Gasteiger partial charge is 0.444 e. The Morgan fingerprint density at radius 3 is 2.54 bits per heavy atom. The van der Waals surface area contributed by atoms with E-state index in [9.17, 15) is 14.4 Å². The van der Waals surface area contributed by atoms with E-state index >= 15 is 0 Å². The normalized spacial score (nSPS) is 18.9. The maximum Gasteiger partial charge on any atom is 0.339 e. The Morgan fingerprint density at radius 1 is 1.21 bits per heavy atom. The minimum atomic E-state index is -0.873. The highest BCUT2D eigenvalue weighted by Gasteiger charge is 2.40. The summed E-state index contributed by atoms with van der Waals surface area (Å²) in [5.41, 5.74) is 0.739. The smallest absolute Gasteiger partial charge is 0.339 e. The lowest BCUT2D eigenvalue weighted by Gasteiger charge is -2.29. The van der Waals surface area contributed by atoms with Gasteiger partial charge in [0, 0.05) is 6.04 Å². The number of carbonyl (C=O) groups excluding carboxylic acids is 3. The summed E-state index contributed by atoms with van der Waals surface area (Å²) in [6, 6.07) is 6.10. The fourth-order valence-electron chi connectivity index (χ4n) is 3.31. The number of benzene rings is 1. The number of imide groups is 1. The van der Waals surface area contributed by atoms with Crippen LogP contribution in [0.25, 0.3) is 0 Å². The molecule has 3 rings (SSSR count). The molecular weight excluding hydrogens is 308 g/mol. The van der Waals surface area contributed by atoms with Crippen molar-refractivity contribution in [3.8, 4) is 6.07 Å². The molecule has 6 heteroatoms. The minimum absolute atomic E-state index is 0.0554. The summed E-state index contributed by atoms with van der Waals surface area (Å²) < 4.78 is 4.94. The number of esters is 1. The van der Waals surface area contributed by atoms with E-state index in [-0.39, 0.29) is 29.0 Å². The van der Waals surface area contributed by atoms with Gasteiger partial charge in [-0.2, -0.15) is 5.26 Å². The van der Waals surface area contributed by atoms with Crippen molar-refractivity contribution in [2.24, 2.45) is 0 Å². The van der Waals surface area contributed by atoms with Crippen LogP contribution in [-0.4, -0.2) is 34.8 Å². The van der Waals surface area contributed by atoms with Crippen molar-refractivity contribution in [3.63, 3.8) is 0 Å². The van der Waals surface area contributed by atoms with Crippen LogP contribution in [0.1, 0.15) is 70.1 Å². The molecule has 0 aromatic heterocycles. The van der Waals surface area contributed by atoms with Crippen molar-refractivity contribution in [2.75, 3.05) is 0 Å². The molecule has 1 heterocycles. The van der Waals surface area contributed by atoms with Crippen LogP contribution >= 0.6 is 0 Å². The average molecular weight is 326 g/mol. The van der Waals surface area contributed by atoms with E-state index < -0.39 is 12.1 Å². The molecule has 24 heavy (non-hydrogen) atoms. The summed E-state index contributed by atoms with van der Waals surface area (Å²) in [5.74, 6) is -1.31. The topological polar surface area (TPSA) is 87.5 Å². The Kier molecular flexibility index (Phi) is 4.34. The number of nitrogens with zero attached hydrogens (tertiary/aromatic N) is 2. The fourth-order valence-corrected chi connectivity index (χ4v) is 3.31. The molecule has 1 aliphatic carbocycles. The first-order valence-electron chi connectivity index (χ1n) is 8.15. The molecule has 0 unspecified atom stereocenters. The fraction of sp³-hybridized carbons (Fsp3) is 0.444. The molecule has 1 saturated carbocycles. The number of rotatable bonds is 3. The number of nitriles is 1. The molecular formula is C18H18N2O4. The van der Waals surface area contributed by atoms with Gasteiger partial charge in [0.05, 0.1) is 16.7 Å². The van der Waals surface area contributed by atoms with Gasteiger partial charge in [0.15, 0.2) is 6.10 Å². The molecule has 1 fully saturated rings. The Labute approximate surface area is 140 Å². The molecule has 1 atom stereocenters. The molecule has 0 spiro atoms. The van der Waals surface area contributed by atoms with E-state index in [4.69, 9.17) is 10.00 Å². The number of hydrogen-bond donors (Lipinski definition) is 0. The Bertz CT molecular complexity index is 744. The second-order valence-electron chi connectivity index (χ2n) is 6.21. The van der Waals surface area contributed by atoms with Crippen LogP contribution in [0.4, 0.5) is 0 Å². The third kappa shape index (κ3) is 2.78. The third-order valence-electron chi connectivity index (χ3n) is 4.56. The Balaban J connectivity index is 1.86. The van der Waals surface area contributed by atoms with Crippen LogP contribution in [0.3, 0.4) is 0 Å². The van der Waals surface area contributed by atoms with Crippen LogP contribution < -0.4 is 0 Å². The average Bonchev–Trinajstić information content (AvgIpc) is 2.86. The molecule has 124 valence electrons. The zero-order valence-electron chi connectivity index (χ0n) is 13.4. The van der Waals surface area contributed by atoms with Gasteiger partial charge in [0.25, 0.3) is 11.8 Å². The highest BCUT2D eigenvalue weighted by molar-refractivity contribution is 6.22. The first kappa shape index (κ1) is 16.2. The van der Waals surface area contributed by atoms with Gasteiger partial charge < -0.3 is 4.74 Å². The Hall–Kier alpha value is -2.68. The lowest BCUT2D eigenvalue weighted by atomic mass is 9.94. The number of ether oxygens (including phenoxy) is 1. The van der Waals surface area contributed by atoms with Gasteiger partial charge >= 0.3 is 5.97 Å². The highest BCUT2D eigenvalue weighted by atomic mass is 16.5. The van der Waals surface area contributed by atoms with Gasteiger partial charge in [-0.05, 0) is 38.0 Å². The summed E-state index contributed by atoms with van der Waals surface area (Å²) in [6.45, 7) is 1.46. The van der Waals surface area contributed by atoms with E-state index in [0.717, 1.165) is 32.1 Å². The Morgan fingerprint density at radius 2 is 1.88 bits per heavy atom. The summed E-state index contributed by atoms with van der Waals surface area (Å²) in [6.07, 6.45) is 3.96. The van der Waals surface area contributed by atoms with Gasteiger partial charge in [0.2, 0.25) is 0 Å². The van der Waals surface area contributed by atoms with Crippen molar-refractivity contribution in [1.82, 2.24) is 4.90 Å². The zero-order chi connectivity index (χ0) is 17.3. The summed E-state index contributed by atoms with van der Waals surface area (Å²) >= 11 is 0. The molecule has 6 nitrogen and oxygen atoms in total. The lowest BCUT2D eigenvalue weighted by Crippen LogP contribution is -2.40. The molecule has 2 amide bonds. The molecule has 0 radical (unpaired) electrons. The van der Waals surface area contributed by atoms with Crippen molar-refractivity contribution < 1.29 is 19.1 Å². The van der Waals surface area contributed by atoms with E-state index in [0.29, 0.717) is 5.56 Å². The highest BCUT2D eigenvalue weighted by Crippen LogP contribution is 2.31. The SMILES string of the molecule is C[C@H](C#N)OC(=O)c1ccc2c(c1)C(=O)N(C1CCCCC1)C2=O. The standard InChI is InChI=1S/C18H18N2O4/c1-11(10-19)24-18(23)12-7-8-14-15(9-12)17(22)20(16(14)21)13-5-3-2-4-6-13/h7-9,11,13H,2-6H2,1H3/t11-/m1/s1. The van der Waals surface area contributed by atoms with Crippen LogP contribution in [-0.2, 0) is 4.74 Å². The van der Waals surface area contributed by atoms with Gasteiger partial charge in [-0.3, -0.25) is 14.5 Å². The van der Waals surface area contributed by atoms with Gasteiger partial charge in [-0.15, -0.1) is 0 Å². The number of amides is 2. The second kappa shape index (κ2) is 6.44. The molecule has 0 bridgehead atoms. The van der Waals surface area contributed by atoms with Crippen molar-refractivity contribution >= 4 is 17.8 Å². The van der Waals surface area contributed by atoms with E-state index in [1.54, 1.807) is 0 Å². The number of fused-ring (bicyclic) bond motifs is 1. The van der Waals surface area contributed by atoms with Crippen LogP contribution in [0.5, 0.6) is 0 Å². The summed E-state index contributed by atoms with van der Waals surface area (Å²) in [5, 5.41) is 8.71. The molecule has 0 saturated heterocycles. The van der Waals surface area contributed by atoms with Crippen molar-refractivity contribution in [1.29, 1.82) is 5.26 Å². The maximum atomic E-state index is 12.7. The predicted molar refractivity (Wildman–Crippen MR) is 84.3 cm³/mol. The third-order valence-corrected chi connectivity index (χ3v) is 4.56. The van der Waals surface area contributed by atoms with Gasteiger partial charge in [-0.1, -0.05) is 19.3 Å².